The molecule has 1 N–H and O–H groups in total. The molecule has 0 aromatic carbocycles. The number of rotatable bonds is 4. The molecule has 0 spiro atoms. The summed E-state index contributed by atoms with van der Waals surface area (Å²) in [6, 6.07) is 0.756. The van der Waals surface area contributed by atoms with Crippen LogP contribution in [0, 0.1) is 0 Å². The Morgan fingerprint density at radius 2 is 2.05 bits per heavy atom. The van der Waals surface area contributed by atoms with Gasteiger partial charge in [0.15, 0.2) is 5.13 Å². The Labute approximate surface area is 133 Å². The second kappa shape index (κ2) is 5.24. The quantitative estimate of drug-likeness (QED) is 0.909. The highest BCUT2D eigenvalue weighted by Gasteiger charge is 2.35. The number of hydrogen-bond donors (Lipinski definition) is 1. The predicted molar refractivity (Wildman–Crippen MR) is 91.3 cm³/mol. The molecule has 118 valence electrons. The largest absolute Gasteiger partial charge is 0.343 e. The van der Waals surface area contributed by atoms with Crippen molar-refractivity contribution in [2.24, 2.45) is 0 Å². The Bertz CT molecular complexity index is 509. The molecular weight excluding hydrogens is 278 g/mol. The molecule has 0 radical (unpaired) electrons. The second-order valence-electron chi connectivity index (χ2n) is 8.24. The molecule has 1 saturated heterocycles. The summed E-state index contributed by atoms with van der Waals surface area (Å²) in [6.45, 7) is 13.7. The van der Waals surface area contributed by atoms with E-state index in [-0.39, 0.29) is 11.0 Å². The van der Waals surface area contributed by atoms with Crippen molar-refractivity contribution in [2.45, 2.75) is 83.8 Å². The van der Waals surface area contributed by atoms with Crippen LogP contribution in [0.5, 0.6) is 0 Å². The van der Waals surface area contributed by atoms with Crippen LogP contribution in [-0.2, 0) is 12.0 Å². The molecule has 2 heterocycles. The van der Waals surface area contributed by atoms with Crippen LogP contribution in [0.1, 0.15) is 70.9 Å². The fourth-order valence-electron chi connectivity index (χ4n) is 3.15. The molecule has 2 fully saturated rings. The van der Waals surface area contributed by atoms with Gasteiger partial charge in [0.25, 0.3) is 0 Å². The van der Waals surface area contributed by atoms with E-state index in [2.05, 4.69) is 44.8 Å². The summed E-state index contributed by atoms with van der Waals surface area (Å²) in [4.78, 5) is 9.02. The number of hydrogen-bond acceptors (Lipinski definition) is 4. The van der Waals surface area contributed by atoms with Crippen molar-refractivity contribution in [3.05, 3.63) is 10.6 Å². The molecule has 1 aromatic rings. The lowest BCUT2D eigenvalue weighted by atomic mass is 9.91. The maximum atomic E-state index is 5.06. The Morgan fingerprint density at radius 3 is 2.57 bits per heavy atom. The highest BCUT2D eigenvalue weighted by molar-refractivity contribution is 7.15. The Morgan fingerprint density at radius 1 is 1.33 bits per heavy atom. The highest BCUT2D eigenvalue weighted by Crippen LogP contribution is 2.40. The molecule has 1 aliphatic heterocycles. The SMILES string of the molecule is CC(C)(C)c1nc(N2CCCC2(C)C)sc1CNC1CC1. The molecule has 4 heteroatoms. The summed E-state index contributed by atoms with van der Waals surface area (Å²) < 4.78 is 0. The fourth-order valence-corrected chi connectivity index (χ4v) is 4.56. The van der Waals surface area contributed by atoms with Crippen molar-refractivity contribution in [1.82, 2.24) is 10.3 Å². The third-order valence-electron chi connectivity index (χ3n) is 4.66. The number of nitrogens with zero attached hydrogens (tertiary/aromatic N) is 2. The molecule has 1 aliphatic carbocycles. The third-order valence-corrected chi connectivity index (χ3v) is 5.74. The van der Waals surface area contributed by atoms with Crippen LogP contribution in [-0.4, -0.2) is 23.1 Å². The Balaban J connectivity index is 1.87. The minimum Gasteiger partial charge on any atom is -0.343 e. The molecular formula is C17H29N3S. The van der Waals surface area contributed by atoms with Crippen LogP contribution in [0.4, 0.5) is 5.13 Å². The van der Waals surface area contributed by atoms with E-state index in [4.69, 9.17) is 4.98 Å². The monoisotopic (exact) mass is 307 g/mol. The summed E-state index contributed by atoms with van der Waals surface area (Å²) >= 11 is 1.91. The molecule has 21 heavy (non-hydrogen) atoms. The van der Waals surface area contributed by atoms with E-state index in [9.17, 15) is 0 Å². The van der Waals surface area contributed by atoms with Crippen LogP contribution in [0.3, 0.4) is 0 Å². The summed E-state index contributed by atoms with van der Waals surface area (Å²) in [5.41, 5.74) is 1.67. The van der Waals surface area contributed by atoms with Crippen LogP contribution in [0.15, 0.2) is 0 Å². The fraction of sp³-hybridized carbons (Fsp3) is 0.824. The number of nitrogens with one attached hydrogen (secondary N) is 1. The zero-order chi connectivity index (χ0) is 15.3. The minimum absolute atomic E-state index is 0.124. The average Bonchev–Trinajstić information content (AvgIpc) is 2.98. The molecule has 1 aromatic heterocycles. The first-order valence-electron chi connectivity index (χ1n) is 8.28. The van der Waals surface area contributed by atoms with Crippen molar-refractivity contribution in [3.63, 3.8) is 0 Å². The van der Waals surface area contributed by atoms with Crippen molar-refractivity contribution in [3.8, 4) is 0 Å². The zero-order valence-corrected chi connectivity index (χ0v) is 14.9. The average molecular weight is 308 g/mol. The lowest BCUT2D eigenvalue weighted by Gasteiger charge is -2.31. The molecule has 3 nitrogen and oxygen atoms in total. The summed E-state index contributed by atoms with van der Waals surface area (Å²) in [6.07, 6.45) is 5.24. The third kappa shape index (κ3) is 3.26. The topological polar surface area (TPSA) is 28.2 Å². The van der Waals surface area contributed by atoms with Crippen LogP contribution < -0.4 is 10.2 Å². The van der Waals surface area contributed by atoms with E-state index in [0.717, 1.165) is 19.1 Å². The van der Waals surface area contributed by atoms with Gasteiger partial charge in [-0.15, -0.1) is 11.3 Å². The van der Waals surface area contributed by atoms with Gasteiger partial charge in [-0.2, -0.15) is 0 Å². The van der Waals surface area contributed by atoms with Gasteiger partial charge in [-0.1, -0.05) is 20.8 Å². The van der Waals surface area contributed by atoms with Gasteiger partial charge in [0.2, 0.25) is 0 Å². The number of anilines is 1. The van der Waals surface area contributed by atoms with Gasteiger partial charge in [-0.3, -0.25) is 0 Å². The summed E-state index contributed by atoms with van der Waals surface area (Å²) in [7, 11) is 0. The van der Waals surface area contributed by atoms with Gasteiger partial charge in [0, 0.05) is 35.0 Å². The van der Waals surface area contributed by atoms with Crippen molar-refractivity contribution in [1.29, 1.82) is 0 Å². The van der Waals surface area contributed by atoms with Crippen LogP contribution >= 0.6 is 11.3 Å². The highest BCUT2D eigenvalue weighted by atomic mass is 32.1. The van der Waals surface area contributed by atoms with Gasteiger partial charge >= 0.3 is 0 Å². The smallest absolute Gasteiger partial charge is 0.186 e. The minimum atomic E-state index is 0.124. The molecule has 0 atom stereocenters. The van der Waals surface area contributed by atoms with Crippen molar-refractivity contribution >= 4 is 16.5 Å². The predicted octanol–water partition coefficient (Wildman–Crippen LogP) is 4.07. The molecule has 0 amide bonds. The van der Waals surface area contributed by atoms with Crippen LogP contribution in [0.25, 0.3) is 0 Å². The lowest BCUT2D eigenvalue weighted by Crippen LogP contribution is -2.38. The first-order chi connectivity index (χ1) is 9.77. The molecule has 0 bridgehead atoms. The van der Waals surface area contributed by atoms with Crippen molar-refractivity contribution in [2.75, 3.05) is 11.4 Å². The van der Waals surface area contributed by atoms with E-state index in [1.165, 1.54) is 41.4 Å². The first-order valence-corrected chi connectivity index (χ1v) is 9.10. The Hall–Kier alpha value is -0.610. The van der Waals surface area contributed by atoms with Gasteiger partial charge in [-0.25, -0.2) is 4.98 Å². The van der Waals surface area contributed by atoms with Gasteiger partial charge in [-0.05, 0) is 39.5 Å². The summed E-state index contributed by atoms with van der Waals surface area (Å²) in [5, 5.41) is 4.89. The summed E-state index contributed by atoms with van der Waals surface area (Å²) in [5.74, 6) is 0. The lowest BCUT2D eigenvalue weighted by molar-refractivity contribution is 0.513. The Kier molecular flexibility index (Phi) is 3.81. The molecule has 3 rings (SSSR count). The normalized spacial score (nSPS) is 22.0. The first kappa shape index (κ1) is 15.3. The number of aromatic nitrogens is 1. The van der Waals surface area contributed by atoms with E-state index in [0.29, 0.717) is 0 Å². The zero-order valence-electron chi connectivity index (χ0n) is 14.1. The second-order valence-corrected chi connectivity index (χ2v) is 9.30. The van der Waals surface area contributed by atoms with Gasteiger partial charge in [0.1, 0.15) is 0 Å². The van der Waals surface area contributed by atoms with E-state index in [1.54, 1.807) is 0 Å². The van der Waals surface area contributed by atoms with Crippen molar-refractivity contribution < 1.29 is 0 Å². The maximum Gasteiger partial charge on any atom is 0.186 e. The van der Waals surface area contributed by atoms with E-state index >= 15 is 0 Å². The standard InChI is InChI=1S/C17H29N3S/c1-16(2,3)14-13(11-18-12-7-8-12)21-15(19-14)20-10-6-9-17(20,4)5/h12,18H,6-11H2,1-5H3. The molecule has 0 unspecified atom stereocenters. The van der Waals surface area contributed by atoms with Crippen LogP contribution in [0.2, 0.25) is 0 Å². The van der Waals surface area contributed by atoms with Gasteiger partial charge < -0.3 is 10.2 Å². The molecule has 1 saturated carbocycles. The molecule has 2 aliphatic rings. The van der Waals surface area contributed by atoms with E-state index in [1.807, 2.05) is 11.3 Å². The maximum absolute atomic E-state index is 5.06. The van der Waals surface area contributed by atoms with E-state index < -0.39 is 0 Å². The number of thiazole rings is 1. The van der Waals surface area contributed by atoms with Gasteiger partial charge in [0.05, 0.1) is 5.69 Å².